The lowest BCUT2D eigenvalue weighted by Gasteiger charge is -2.49. The fraction of sp³-hybridized carbons (Fsp3) is 0.667. The van der Waals surface area contributed by atoms with E-state index in [1.54, 1.807) is 12.1 Å². The third-order valence-corrected chi connectivity index (χ3v) is 5.70. The Morgan fingerprint density at radius 3 is 3.05 bits per heavy atom. The predicted octanol–water partition coefficient (Wildman–Crippen LogP) is 4.49. The summed E-state index contributed by atoms with van der Waals surface area (Å²) in [4.78, 5) is 0. The molecule has 2 heteroatoms. The molecule has 1 saturated carbocycles. The van der Waals surface area contributed by atoms with E-state index in [2.05, 4.69) is 18.3 Å². The Morgan fingerprint density at radius 1 is 1.35 bits per heavy atom. The molecule has 1 nitrogen and oxygen atoms in total. The number of rotatable bonds is 2. The zero-order chi connectivity index (χ0) is 14.0. The summed E-state index contributed by atoms with van der Waals surface area (Å²) >= 11 is 0. The Hall–Kier alpha value is -0.890. The summed E-state index contributed by atoms with van der Waals surface area (Å²) < 4.78 is 13.6. The number of benzene rings is 1. The van der Waals surface area contributed by atoms with Gasteiger partial charge in [-0.25, -0.2) is 4.39 Å². The van der Waals surface area contributed by atoms with Gasteiger partial charge in [0.05, 0.1) is 0 Å². The molecule has 1 aliphatic heterocycles. The molecule has 1 aromatic carbocycles. The number of hydrogen-bond donors (Lipinski definition) is 1. The van der Waals surface area contributed by atoms with Crippen molar-refractivity contribution >= 4 is 0 Å². The zero-order valence-corrected chi connectivity index (χ0v) is 12.5. The molecule has 0 amide bonds. The van der Waals surface area contributed by atoms with Crippen molar-refractivity contribution in [1.82, 2.24) is 5.32 Å². The van der Waals surface area contributed by atoms with Crippen LogP contribution < -0.4 is 5.32 Å². The molecule has 2 aliphatic rings. The van der Waals surface area contributed by atoms with Crippen LogP contribution in [0.4, 0.5) is 4.39 Å². The van der Waals surface area contributed by atoms with E-state index in [9.17, 15) is 4.39 Å². The molecule has 1 aliphatic carbocycles. The summed E-state index contributed by atoms with van der Waals surface area (Å²) in [6, 6.07) is 7.31. The summed E-state index contributed by atoms with van der Waals surface area (Å²) in [5.41, 5.74) is 1.62. The van der Waals surface area contributed by atoms with Crippen molar-refractivity contribution in [2.24, 2.45) is 11.3 Å². The Kier molecular flexibility index (Phi) is 4.11. The number of nitrogens with one attached hydrogen (secondary N) is 1. The molecule has 1 heterocycles. The van der Waals surface area contributed by atoms with Gasteiger partial charge < -0.3 is 5.32 Å². The first-order valence-corrected chi connectivity index (χ1v) is 8.20. The van der Waals surface area contributed by atoms with Gasteiger partial charge in [-0.3, -0.25) is 0 Å². The molecule has 20 heavy (non-hydrogen) atoms. The first-order valence-electron chi connectivity index (χ1n) is 8.20. The van der Waals surface area contributed by atoms with Gasteiger partial charge in [-0.05, 0) is 54.8 Å². The van der Waals surface area contributed by atoms with Gasteiger partial charge in [0.2, 0.25) is 0 Å². The van der Waals surface area contributed by atoms with Gasteiger partial charge in [0.15, 0.2) is 0 Å². The first kappa shape index (κ1) is 14.1. The van der Waals surface area contributed by atoms with Crippen LogP contribution in [-0.4, -0.2) is 13.1 Å². The van der Waals surface area contributed by atoms with Gasteiger partial charge in [-0.1, -0.05) is 38.3 Å². The van der Waals surface area contributed by atoms with E-state index in [0.29, 0.717) is 11.3 Å². The Morgan fingerprint density at radius 2 is 2.25 bits per heavy atom. The largest absolute Gasteiger partial charge is 0.316 e. The van der Waals surface area contributed by atoms with Crippen molar-refractivity contribution in [3.63, 3.8) is 0 Å². The molecule has 0 bridgehead atoms. The maximum absolute atomic E-state index is 13.6. The second kappa shape index (κ2) is 5.85. The van der Waals surface area contributed by atoms with E-state index in [-0.39, 0.29) is 5.82 Å². The van der Waals surface area contributed by atoms with Gasteiger partial charge in [0.1, 0.15) is 5.82 Å². The molecule has 0 aromatic heterocycles. The van der Waals surface area contributed by atoms with Crippen molar-refractivity contribution in [2.75, 3.05) is 13.1 Å². The van der Waals surface area contributed by atoms with E-state index in [4.69, 9.17) is 0 Å². The second-order valence-electron chi connectivity index (χ2n) is 6.79. The van der Waals surface area contributed by atoms with Crippen LogP contribution in [0.3, 0.4) is 0 Å². The average molecular weight is 275 g/mol. The lowest BCUT2D eigenvalue weighted by Crippen LogP contribution is -2.46. The molecule has 1 N–H and O–H groups in total. The summed E-state index contributed by atoms with van der Waals surface area (Å²) in [6.45, 7) is 4.46. The third-order valence-electron chi connectivity index (χ3n) is 5.70. The topological polar surface area (TPSA) is 12.0 Å². The maximum atomic E-state index is 13.6. The van der Waals surface area contributed by atoms with Crippen LogP contribution in [0.15, 0.2) is 24.3 Å². The van der Waals surface area contributed by atoms with Gasteiger partial charge in [-0.15, -0.1) is 0 Å². The maximum Gasteiger partial charge on any atom is 0.123 e. The minimum Gasteiger partial charge on any atom is -0.316 e. The summed E-state index contributed by atoms with van der Waals surface area (Å²) in [7, 11) is 0. The van der Waals surface area contributed by atoms with Crippen molar-refractivity contribution in [3.8, 4) is 0 Å². The molecule has 1 aromatic rings. The van der Waals surface area contributed by atoms with E-state index in [1.807, 2.05) is 6.07 Å². The lowest BCUT2D eigenvalue weighted by atomic mass is 9.58. The number of halogens is 1. The molecule has 110 valence electrons. The van der Waals surface area contributed by atoms with Crippen LogP contribution in [0.2, 0.25) is 0 Å². The standard InChI is InChI=1S/C18H26FN/c1-2-14-5-4-8-18(12-14)9-10-20-13-17(18)15-6-3-7-16(19)11-15/h3,6-7,11,14,17,20H,2,4-5,8-10,12-13H2,1H3. The highest BCUT2D eigenvalue weighted by molar-refractivity contribution is 5.25. The van der Waals surface area contributed by atoms with Crippen molar-refractivity contribution < 1.29 is 4.39 Å². The minimum absolute atomic E-state index is 0.0916. The van der Waals surface area contributed by atoms with Crippen molar-refractivity contribution in [1.29, 1.82) is 0 Å². The van der Waals surface area contributed by atoms with E-state index < -0.39 is 0 Å². The molecule has 1 saturated heterocycles. The Labute approximate surface area is 122 Å². The predicted molar refractivity (Wildman–Crippen MR) is 81.3 cm³/mol. The van der Waals surface area contributed by atoms with Crippen LogP contribution in [-0.2, 0) is 0 Å². The molecule has 2 fully saturated rings. The monoisotopic (exact) mass is 275 g/mol. The van der Waals surface area contributed by atoms with Gasteiger partial charge in [-0.2, -0.15) is 0 Å². The van der Waals surface area contributed by atoms with Crippen LogP contribution in [0, 0.1) is 17.2 Å². The van der Waals surface area contributed by atoms with Crippen LogP contribution in [0.1, 0.15) is 56.9 Å². The first-order chi connectivity index (χ1) is 9.73. The highest BCUT2D eigenvalue weighted by Crippen LogP contribution is 2.53. The normalized spacial score (nSPS) is 34.3. The van der Waals surface area contributed by atoms with Crippen molar-refractivity contribution in [3.05, 3.63) is 35.6 Å². The van der Waals surface area contributed by atoms with Crippen LogP contribution in [0.5, 0.6) is 0 Å². The molecule has 3 unspecified atom stereocenters. The van der Waals surface area contributed by atoms with Gasteiger partial charge >= 0.3 is 0 Å². The SMILES string of the molecule is CCC1CCCC2(CCNCC2c2cccc(F)c2)C1. The Balaban J connectivity index is 1.90. The molecule has 3 atom stereocenters. The molecule has 3 rings (SSSR count). The smallest absolute Gasteiger partial charge is 0.123 e. The van der Waals surface area contributed by atoms with E-state index in [0.717, 1.165) is 19.0 Å². The fourth-order valence-electron chi connectivity index (χ4n) is 4.58. The minimum atomic E-state index is -0.0916. The second-order valence-corrected chi connectivity index (χ2v) is 6.79. The van der Waals surface area contributed by atoms with E-state index >= 15 is 0 Å². The summed E-state index contributed by atoms with van der Waals surface area (Å²) in [5, 5.41) is 3.53. The zero-order valence-electron chi connectivity index (χ0n) is 12.5. The van der Waals surface area contributed by atoms with Gasteiger partial charge in [0, 0.05) is 12.5 Å². The van der Waals surface area contributed by atoms with Gasteiger partial charge in [0.25, 0.3) is 0 Å². The molecule has 1 spiro atoms. The summed E-state index contributed by atoms with van der Waals surface area (Å²) in [6.07, 6.45) is 7.96. The Bertz CT molecular complexity index is 454. The number of hydrogen-bond acceptors (Lipinski definition) is 1. The molecular weight excluding hydrogens is 249 g/mol. The third kappa shape index (κ3) is 2.63. The quantitative estimate of drug-likeness (QED) is 0.838. The highest BCUT2D eigenvalue weighted by Gasteiger charge is 2.44. The molecule has 0 radical (unpaired) electrons. The van der Waals surface area contributed by atoms with Crippen LogP contribution in [0.25, 0.3) is 0 Å². The lowest BCUT2D eigenvalue weighted by molar-refractivity contribution is 0.0687. The summed E-state index contributed by atoms with van der Waals surface area (Å²) in [5.74, 6) is 1.27. The fourth-order valence-corrected chi connectivity index (χ4v) is 4.58. The van der Waals surface area contributed by atoms with Crippen LogP contribution >= 0.6 is 0 Å². The van der Waals surface area contributed by atoms with Crippen molar-refractivity contribution in [2.45, 2.75) is 51.4 Å². The molecular formula is C18H26FN. The van der Waals surface area contributed by atoms with E-state index in [1.165, 1.54) is 44.1 Å². The number of piperidine rings is 1. The average Bonchev–Trinajstić information content (AvgIpc) is 2.48. The highest BCUT2D eigenvalue weighted by atomic mass is 19.1.